The molecule has 0 radical (unpaired) electrons. The van der Waals surface area contributed by atoms with Crippen molar-refractivity contribution in [3.63, 3.8) is 0 Å². The monoisotopic (exact) mass is 252 g/mol. The van der Waals surface area contributed by atoms with Gasteiger partial charge < -0.3 is 5.11 Å². The normalized spacial score (nSPS) is 11.2. The largest absolute Gasteiger partial charge is 0.481 e. The number of hydrogen-bond donors (Lipinski definition) is 1. The number of Topliss-reactive ketones (excluding diaryl/α,β-unsaturated/α-hetero) is 1. The second-order valence-electron chi connectivity index (χ2n) is 4.22. The molecule has 0 fully saturated rings. The molecule has 1 aromatic carbocycles. The molecule has 1 aromatic rings. The van der Waals surface area contributed by atoms with Crippen LogP contribution in [0.4, 0.5) is 0 Å². The van der Waals surface area contributed by atoms with E-state index in [1.807, 2.05) is 12.1 Å². The molecule has 0 saturated heterocycles. The highest BCUT2D eigenvalue weighted by Crippen LogP contribution is 2.24. The van der Waals surface area contributed by atoms with Crippen LogP contribution in [0.15, 0.2) is 29.2 Å². The Hall–Kier alpha value is -1.29. The maximum Gasteiger partial charge on any atom is 0.316 e. The fraction of sp³-hybridized carbons (Fsp3) is 0.385. The maximum absolute atomic E-state index is 12.0. The molecule has 0 bridgehead atoms. The molecule has 0 amide bonds. The van der Waals surface area contributed by atoms with E-state index in [1.54, 1.807) is 23.9 Å². The molecule has 0 atom stereocenters. The zero-order chi connectivity index (χ0) is 13.1. The first-order valence-corrected chi connectivity index (χ1v) is 6.39. The van der Waals surface area contributed by atoms with Crippen LogP contribution in [0.1, 0.15) is 31.1 Å². The summed E-state index contributed by atoms with van der Waals surface area (Å²) in [5.41, 5.74) is -0.933. The molecule has 0 aliphatic rings. The number of aliphatic carboxylic acids is 1. The van der Waals surface area contributed by atoms with Gasteiger partial charge in [0.15, 0.2) is 5.78 Å². The molecule has 1 N–H and O–H groups in total. The minimum absolute atomic E-state index is 0.363. The van der Waals surface area contributed by atoms with Crippen LogP contribution in [0.2, 0.25) is 0 Å². The molecule has 0 aliphatic heterocycles. The molecule has 3 nitrogen and oxygen atoms in total. The van der Waals surface area contributed by atoms with E-state index in [4.69, 9.17) is 5.11 Å². The first-order chi connectivity index (χ1) is 7.89. The third-order valence-corrected chi connectivity index (χ3v) is 3.42. The summed E-state index contributed by atoms with van der Waals surface area (Å²) < 4.78 is 0. The Morgan fingerprint density at radius 1 is 1.24 bits per heavy atom. The van der Waals surface area contributed by atoms with Crippen LogP contribution in [0.3, 0.4) is 0 Å². The molecule has 0 heterocycles. The van der Waals surface area contributed by atoms with Crippen molar-refractivity contribution < 1.29 is 14.7 Å². The first-order valence-electron chi connectivity index (χ1n) is 5.40. The molecule has 0 saturated carbocycles. The predicted molar refractivity (Wildman–Crippen MR) is 68.6 cm³/mol. The highest BCUT2D eigenvalue weighted by molar-refractivity contribution is 7.99. The van der Waals surface area contributed by atoms with Gasteiger partial charge in [-0.2, -0.15) is 0 Å². The summed E-state index contributed by atoms with van der Waals surface area (Å²) in [6.07, 6.45) is 0. The molecule has 0 unspecified atom stereocenters. The highest BCUT2D eigenvalue weighted by atomic mass is 32.2. The third kappa shape index (κ3) is 3.09. The fourth-order valence-electron chi connectivity index (χ4n) is 1.33. The van der Waals surface area contributed by atoms with Gasteiger partial charge in [-0.3, -0.25) is 9.59 Å². The number of carboxylic acid groups (broad SMARTS) is 1. The fourth-order valence-corrected chi connectivity index (χ4v) is 1.99. The number of carbonyl (C=O) groups excluding carboxylic acids is 1. The average molecular weight is 252 g/mol. The molecular weight excluding hydrogens is 236 g/mol. The lowest BCUT2D eigenvalue weighted by Crippen LogP contribution is -2.33. The van der Waals surface area contributed by atoms with Gasteiger partial charge in [-0.05, 0) is 31.7 Å². The summed E-state index contributed by atoms with van der Waals surface area (Å²) in [6.45, 7) is 4.90. The first kappa shape index (κ1) is 13.8. The van der Waals surface area contributed by atoms with Crippen molar-refractivity contribution >= 4 is 23.5 Å². The SMILES string of the molecule is CCSc1ccc(C(=O)C(C)(C)C(=O)O)cc1. The van der Waals surface area contributed by atoms with Crippen LogP contribution in [0.5, 0.6) is 0 Å². The van der Waals surface area contributed by atoms with Gasteiger partial charge in [-0.25, -0.2) is 0 Å². The van der Waals surface area contributed by atoms with Gasteiger partial charge in [0.25, 0.3) is 0 Å². The quantitative estimate of drug-likeness (QED) is 0.497. The Kier molecular flexibility index (Phi) is 4.34. The van der Waals surface area contributed by atoms with Crippen LogP contribution in [-0.2, 0) is 4.79 Å². The summed E-state index contributed by atoms with van der Waals surface area (Å²) >= 11 is 1.68. The minimum Gasteiger partial charge on any atom is -0.481 e. The van der Waals surface area contributed by atoms with Gasteiger partial charge in [-0.1, -0.05) is 19.1 Å². The Bertz CT molecular complexity index is 421. The molecule has 0 spiro atoms. The minimum atomic E-state index is -1.38. The lowest BCUT2D eigenvalue weighted by Gasteiger charge is -2.17. The van der Waals surface area contributed by atoms with Crippen LogP contribution < -0.4 is 0 Å². The molecule has 0 aromatic heterocycles. The summed E-state index contributed by atoms with van der Waals surface area (Å²) in [5.74, 6) is -0.499. The highest BCUT2D eigenvalue weighted by Gasteiger charge is 2.36. The Morgan fingerprint density at radius 3 is 2.18 bits per heavy atom. The molecule has 1 rings (SSSR count). The van der Waals surface area contributed by atoms with E-state index in [2.05, 4.69) is 6.92 Å². The van der Waals surface area contributed by atoms with Crippen LogP contribution in [-0.4, -0.2) is 22.6 Å². The summed E-state index contributed by atoms with van der Waals surface area (Å²) in [6, 6.07) is 7.06. The van der Waals surface area contributed by atoms with Crippen molar-refractivity contribution in [3.05, 3.63) is 29.8 Å². The van der Waals surface area contributed by atoms with Gasteiger partial charge in [0.2, 0.25) is 0 Å². The van der Waals surface area contributed by atoms with E-state index in [0.717, 1.165) is 10.6 Å². The lowest BCUT2D eigenvalue weighted by molar-refractivity contribution is -0.144. The van der Waals surface area contributed by atoms with Crippen LogP contribution in [0, 0.1) is 5.41 Å². The van der Waals surface area contributed by atoms with Gasteiger partial charge in [-0.15, -0.1) is 11.8 Å². The third-order valence-electron chi connectivity index (χ3n) is 2.53. The maximum atomic E-state index is 12.0. The molecule has 17 heavy (non-hydrogen) atoms. The topological polar surface area (TPSA) is 54.4 Å². The molecule has 4 heteroatoms. The van der Waals surface area contributed by atoms with Crippen molar-refractivity contribution in [2.75, 3.05) is 5.75 Å². The van der Waals surface area contributed by atoms with E-state index in [9.17, 15) is 9.59 Å². The van der Waals surface area contributed by atoms with Crippen molar-refractivity contribution in [3.8, 4) is 0 Å². The summed E-state index contributed by atoms with van der Waals surface area (Å²) in [7, 11) is 0. The predicted octanol–water partition coefficient (Wildman–Crippen LogP) is 3.09. The van der Waals surface area contributed by atoms with Crippen LogP contribution >= 0.6 is 11.8 Å². The van der Waals surface area contributed by atoms with Gasteiger partial charge in [0, 0.05) is 10.5 Å². The molecular formula is C13H16O3S. The van der Waals surface area contributed by atoms with Crippen molar-refractivity contribution in [2.45, 2.75) is 25.7 Å². The lowest BCUT2D eigenvalue weighted by atomic mass is 9.84. The van der Waals surface area contributed by atoms with Gasteiger partial charge >= 0.3 is 5.97 Å². The van der Waals surface area contributed by atoms with E-state index in [1.165, 1.54) is 13.8 Å². The molecule has 92 valence electrons. The van der Waals surface area contributed by atoms with Gasteiger partial charge in [0.05, 0.1) is 0 Å². The zero-order valence-electron chi connectivity index (χ0n) is 10.2. The van der Waals surface area contributed by atoms with Crippen LogP contribution in [0.25, 0.3) is 0 Å². The number of hydrogen-bond acceptors (Lipinski definition) is 3. The van der Waals surface area contributed by atoms with Crippen molar-refractivity contribution in [1.82, 2.24) is 0 Å². The summed E-state index contributed by atoms with van der Waals surface area (Å²) in [5, 5.41) is 8.99. The average Bonchev–Trinajstić information content (AvgIpc) is 2.29. The van der Waals surface area contributed by atoms with E-state index < -0.39 is 11.4 Å². The van der Waals surface area contributed by atoms with E-state index in [0.29, 0.717) is 5.56 Å². The molecule has 0 aliphatic carbocycles. The van der Waals surface area contributed by atoms with E-state index in [-0.39, 0.29) is 5.78 Å². The smallest absolute Gasteiger partial charge is 0.316 e. The standard InChI is InChI=1S/C13H16O3S/c1-4-17-10-7-5-9(6-8-10)11(14)13(2,3)12(15)16/h5-8H,4H2,1-3H3,(H,15,16). The number of carbonyl (C=O) groups is 2. The Balaban J connectivity index is 2.94. The van der Waals surface area contributed by atoms with Crippen molar-refractivity contribution in [1.29, 1.82) is 0 Å². The Labute approximate surface area is 105 Å². The second-order valence-corrected chi connectivity index (χ2v) is 5.55. The number of rotatable bonds is 5. The van der Waals surface area contributed by atoms with Gasteiger partial charge in [0.1, 0.15) is 5.41 Å². The number of thioether (sulfide) groups is 1. The van der Waals surface area contributed by atoms with E-state index >= 15 is 0 Å². The zero-order valence-corrected chi connectivity index (χ0v) is 11.0. The number of ketones is 1. The number of carboxylic acids is 1. The summed E-state index contributed by atoms with van der Waals surface area (Å²) in [4.78, 5) is 24.1. The number of benzene rings is 1. The second kappa shape index (κ2) is 5.36. The van der Waals surface area contributed by atoms with Crippen molar-refractivity contribution in [2.24, 2.45) is 5.41 Å². The Morgan fingerprint density at radius 2 is 1.76 bits per heavy atom.